The van der Waals surface area contributed by atoms with Gasteiger partial charge in [0.15, 0.2) is 6.79 Å². The maximum absolute atomic E-state index is 10.9. The Balaban J connectivity index is 1.42. The second-order valence-electron chi connectivity index (χ2n) is 9.04. The summed E-state index contributed by atoms with van der Waals surface area (Å²) in [5, 5.41) is 41.1. The molecule has 2 aromatic rings. The second kappa shape index (κ2) is 9.43. The molecule has 4 N–H and O–H groups in total. The zero-order valence-electron chi connectivity index (χ0n) is 18.9. The largest absolute Gasteiger partial charge is 0.488 e. The zero-order valence-corrected chi connectivity index (χ0v) is 18.9. The molecule has 9 heteroatoms. The number of hydrogen-bond acceptors (Lipinski definition) is 9. The number of aliphatic hydroxyl groups is 4. The summed E-state index contributed by atoms with van der Waals surface area (Å²) < 4.78 is 28.5. The fourth-order valence-corrected chi connectivity index (χ4v) is 4.75. The number of aliphatic hydroxyl groups excluding tert-OH is 4. The van der Waals surface area contributed by atoms with Gasteiger partial charge in [0.05, 0.1) is 25.4 Å². The lowest BCUT2D eigenvalue weighted by Crippen LogP contribution is -2.65. The van der Waals surface area contributed by atoms with Crippen LogP contribution >= 0.6 is 0 Å². The van der Waals surface area contributed by atoms with E-state index >= 15 is 0 Å². The first-order chi connectivity index (χ1) is 16.4. The van der Waals surface area contributed by atoms with Crippen molar-refractivity contribution in [1.82, 2.24) is 0 Å². The lowest BCUT2D eigenvalue weighted by Gasteiger charge is -2.49. The lowest BCUT2D eigenvalue weighted by molar-refractivity contribution is -0.389. The Hall–Kier alpha value is -2.24. The highest BCUT2D eigenvalue weighted by atomic mass is 16.8. The number of rotatable bonds is 5. The van der Waals surface area contributed by atoms with E-state index in [1.807, 2.05) is 43.3 Å². The van der Waals surface area contributed by atoms with E-state index in [9.17, 15) is 20.4 Å². The lowest BCUT2D eigenvalue weighted by atomic mass is 9.85. The van der Waals surface area contributed by atoms with E-state index in [1.165, 1.54) is 0 Å². The zero-order chi connectivity index (χ0) is 23.9. The highest BCUT2D eigenvalue weighted by molar-refractivity contribution is 5.48. The van der Waals surface area contributed by atoms with Crippen LogP contribution in [0.2, 0.25) is 0 Å². The van der Waals surface area contributed by atoms with Crippen LogP contribution in [0.3, 0.4) is 0 Å². The smallest absolute Gasteiger partial charge is 0.231 e. The molecule has 0 aromatic heterocycles. The van der Waals surface area contributed by atoms with E-state index in [2.05, 4.69) is 0 Å². The van der Waals surface area contributed by atoms with E-state index in [4.69, 9.17) is 23.7 Å². The van der Waals surface area contributed by atoms with Gasteiger partial charge in [-0.3, -0.25) is 0 Å². The van der Waals surface area contributed by atoms with Gasteiger partial charge in [0.1, 0.15) is 42.0 Å². The molecule has 9 nitrogen and oxygen atoms in total. The van der Waals surface area contributed by atoms with E-state index < -0.39 is 36.8 Å². The standard InChI is InChI=1S/C25H30O9/c1-14-8-20-19(25(32-13-31-20)24(29)23(28)22(27)21(11-26)34-25)10-16(14)9-15-2-4-17(5-3-15)33-18-6-7-30-12-18/h2-5,8,10,18,21-24,26-29H,6-7,9,11-13H2,1H3/t18-,21+,22+,23-,24+,25-/m0/s1. The maximum atomic E-state index is 10.9. The molecule has 1 spiro atoms. The molecular weight excluding hydrogens is 444 g/mol. The van der Waals surface area contributed by atoms with E-state index in [1.54, 1.807) is 0 Å². The van der Waals surface area contributed by atoms with Crippen LogP contribution in [-0.2, 0) is 26.4 Å². The van der Waals surface area contributed by atoms with Crippen molar-refractivity contribution in [1.29, 1.82) is 0 Å². The molecule has 0 aliphatic carbocycles. The van der Waals surface area contributed by atoms with E-state index in [0.29, 0.717) is 24.3 Å². The maximum Gasteiger partial charge on any atom is 0.231 e. The summed E-state index contributed by atoms with van der Waals surface area (Å²) in [4.78, 5) is 0. The first-order valence-electron chi connectivity index (χ1n) is 11.5. The van der Waals surface area contributed by atoms with E-state index in [0.717, 1.165) is 35.5 Å². The van der Waals surface area contributed by atoms with Gasteiger partial charge in [0.2, 0.25) is 5.79 Å². The number of hydrogen-bond donors (Lipinski definition) is 4. The van der Waals surface area contributed by atoms with Gasteiger partial charge in [-0.25, -0.2) is 0 Å². The molecular formula is C25H30O9. The van der Waals surface area contributed by atoms with Gasteiger partial charge >= 0.3 is 0 Å². The molecule has 0 bridgehead atoms. The van der Waals surface area contributed by atoms with Gasteiger partial charge in [-0.1, -0.05) is 12.1 Å². The van der Waals surface area contributed by atoms with Crippen molar-refractivity contribution in [3.8, 4) is 11.5 Å². The molecule has 0 amide bonds. The molecule has 2 saturated heterocycles. The summed E-state index contributed by atoms with van der Waals surface area (Å²) in [5.74, 6) is -0.527. The third-order valence-electron chi connectivity index (χ3n) is 6.76. The minimum atomic E-state index is -1.77. The van der Waals surface area contributed by atoms with Crippen molar-refractivity contribution in [2.45, 2.75) is 56.1 Å². The molecule has 2 aromatic carbocycles. The molecule has 6 atom stereocenters. The molecule has 0 unspecified atom stereocenters. The Labute approximate surface area is 197 Å². The second-order valence-corrected chi connectivity index (χ2v) is 9.04. The minimum Gasteiger partial charge on any atom is -0.488 e. The predicted molar refractivity (Wildman–Crippen MR) is 119 cm³/mol. The Morgan fingerprint density at radius 3 is 2.59 bits per heavy atom. The van der Waals surface area contributed by atoms with Gasteiger partial charge in [-0.2, -0.15) is 0 Å². The molecule has 3 aliphatic rings. The van der Waals surface area contributed by atoms with Crippen molar-refractivity contribution >= 4 is 0 Å². The van der Waals surface area contributed by atoms with Crippen LogP contribution in [0.1, 0.15) is 28.7 Å². The topological polar surface area (TPSA) is 127 Å². The Morgan fingerprint density at radius 2 is 1.88 bits per heavy atom. The third-order valence-corrected chi connectivity index (χ3v) is 6.76. The van der Waals surface area contributed by atoms with E-state index in [-0.39, 0.29) is 12.9 Å². The van der Waals surface area contributed by atoms with Crippen LogP contribution in [0.5, 0.6) is 11.5 Å². The van der Waals surface area contributed by atoms with Crippen molar-refractivity contribution in [3.63, 3.8) is 0 Å². The van der Waals surface area contributed by atoms with Gasteiger partial charge in [-0.15, -0.1) is 0 Å². The average molecular weight is 475 g/mol. The van der Waals surface area contributed by atoms with Crippen LogP contribution in [-0.4, -0.2) is 77.6 Å². The number of fused-ring (bicyclic) bond motifs is 2. The SMILES string of the molecule is Cc1cc2c(cc1Cc1ccc(O[C@H]3CCOC3)cc1)[C@]1(OCO2)O[C@H](CO)[C@@H](O)[C@H](O)[C@H]1O. The molecule has 2 fully saturated rings. The summed E-state index contributed by atoms with van der Waals surface area (Å²) in [5.41, 5.74) is 3.38. The van der Waals surface area contributed by atoms with Crippen molar-refractivity contribution < 1.29 is 44.1 Å². The number of benzene rings is 2. The van der Waals surface area contributed by atoms with Gasteiger partial charge < -0.3 is 44.1 Å². The molecule has 0 radical (unpaired) electrons. The van der Waals surface area contributed by atoms with Crippen molar-refractivity contribution in [3.05, 3.63) is 58.7 Å². The normalized spacial score (nSPS) is 32.9. The summed E-state index contributed by atoms with van der Waals surface area (Å²) in [7, 11) is 0. The summed E-state index contributed by atoms with van der Waals surface area (Å²) in [6.45, 7) is 2.54. The molecule has 0 saturated carbocycles. The van der Waals surface area contributed by atoms with Crippen molar-refractivity contribution in [2.75, 3.05) is 26.6 Å². The highest BCUT2D eigenvalue weighted by Crippen LogP contribution is 2.46. The van der Waals surface area contributed by atoms with Crippen LogP contribution in [0.25, 0.3) is 0 Å². The number of aryl methyl sites for hydroxylation is 1. The Kier molecular flexibility index (Phi) is 6.51. The Morgan fingerprint density at radius 1 is 1.09 bits per heavy atom. The number of ether oxygens (including phenoxy) is 5. The summed E-state index contributed by atoms with van der Waals surface area (Å²) in [6, 6.07) is 11.5. The van der Waals surface area contributed by atoms with Gasteiger partial charge in [0, 0.05) is 6.42 Å². The highest BCUT2D eigenvalue weighted by Gasteiger charge is 2.58. The predicted octanol–water partition coefficient (Wildman–Crippen LogP) is 0.747. The molecule has 3 heterocycles. The average Bonchev–Trinajstić information content (AvgIpc) is 3.35. The fourth-order valence-electron chi connectivity index (χ4n) is 4.75. The molecule has 34 heavy (non-hydrogen) atoms. The molecule has 184 valence electrons. The Bertz CT molecular complexity index is 1000. The summed E-state index contributed by atoms with van der Waals surface area (Å²) >= 11 is 0. The third kappa shape index (κ3) is 4.18. The minimum absolute atomic E-state index is 0.0865. The van der Waals surface area contributed by atoms with Crippen molar-refractivity contribution in [2.24, 2.45) is 0 Å². The van der Waals surface area contributed by atoms with Gasteiger partial charge in [-0.05, 0) is 54.3 Å². The van der Waals surface area contributed by atoms with Crippen LogP contribution < -0.4 is 9.47 Å². The first-order valence-corrected chi connectivity index (χ1v) is 11.5. The fraction of sp³-hybridized carbons (Fsp3) is 0.520. The quantitative estimate of drug-likeness (QED) is 0.496. The van der Waals surface area contributed by atoms with Crippen LogP contribution in [0.15, 0.2) is 36.4 Å². The summed E-state index contributed by atoms with van der Waals surface area (Å²) in [6.07, 6.45) is -4.18. The van der Waals surface area contributed by atoms with Crippen LogP contribution in [0, 0.1) is 6.92 Å². The molecule has 5 rings (SSSR count). The first kappa shape index (κ1) is 23.5. The van der Waals surface area contributed by atoms with Gasteiger partial charge in [0.25, 0.3) is 0 Å². The van der Waals surface area contributed by atoms with Crippen LogP contribution in [0.4, 0.5) is 0 Å². The monoisotopic (exact) mass is 474 g/mol. The molecule has 3 aliphatic heterocycles.